The summed E-state index contributed by atoms with van der Waals surface area (Å²) >= 11 is 0. The molecule has 0 aliphatic rings. The van der Waals surface area contributed by atoms with E-state index in [1.807, 2.05) is 24.3 Å². The van der Waals surface area contributed by atoms with E-state index in [1.54, 1.807) is 0 Å². The smallest absolute Gasteiger partial charge is 0.163 e. The van der Waals surface area contributed by atoms with E-state index in [-0.39, 0.29) is 35.9 Å². The Balaban J connectivity index is 1.93. The molecule has 0 amide bonds. The van der Waals surface area contributed by atoms with Crippen molar-refractivity contribution in [1.82, 2.24) is 0 Å². The molecule has 0 radical (unpaired) electrons. The van der Waals surface area contributed by atoms with Crippen LogP contribution < -0.4 is 0 Å². The van der Waals surface area contributed by atoms with Gasteiger partial charge < -0.3 is 10.2 Å². The molecule has 0 saturated carbocycles. The number of phenolic OH excluding ortho intramolecular Hbond substituents is 2. The van der Waals surface area contributed by atoms with Gasteiger partial charge in [-0.25, -0.2) is 0 Å². The molecule has 4 heteroatoms. The first-order chi connectivity index (χ1) is 13.0. The largest absolute Gasteiger partial charge is 0.504 e. The SMILES string of the molecule is CCCCCCCc1ccccc1C(=O)CCC(=O)c1ccc(O)c(O)c1. The first-order valence-electron chi connectivity index (χ1n) is 9.69. The molecule has 0 fully saturated rings. The molecule has 0 aliphatic heterocycles. The minimum Gasteiger partial charge on any atom is -0.504 e. The van der Waals surface area contributed by atoms with Crippen LogP contribution in [0.5, 0.6) is 11.5 Å². The maximum Gasteiger partial charge on any atom is 0.163 e. The summed E-state index contributed by atoms with van der Waals surface area (Å²) in [5.41, 5.74) is 2.05. The number of unbranched alkanes of at least 4 members (excludes halogenated alkanes) is 4. The van der Waals surface area contributed by atoms with Gasteiger partial charge in [0.1, 0.15) is 0 Å². The standard InChI is InChI=1S/C23H28O4/c1-2-3-4-5-6-9-17-10-7-8-11-19(17)21(25)15-14-20(24)18-12-13-22(26)23(27)16-18/h7-8,10-13,16,26-27H,2-6,9,14-15H2,1H3. The average molecular weight is 368 g/mol. The number of rotatable bonds is 11. The molecule has 144 valence electrons. The number of carbonyl (C=O) groups is 2. The molecule has 0 atom stereocenters. The van der Waals surface area contributed by atoms with E-state index in [9.17, 15) is 19.8 Å². The number of ketones is 2. The summed E-state index contributed by atoms with van der Waals surface area (Å²) < 4.78 is 0. The van der Waals surface area contributed by atoms with Crippen LogP contribution in [0.2, 0.25) is 0 Å². The highest BCUT2D eigenvalue weighted by molar-refractivity contribution is 6.03. The third-order valence-corrected chi connectivity index (χ3v) is 4.74. The van der Waals surface area contributed by atoms with Crippen molar-refractivity contribution in [2.45, 2.75) is 58.3 Å². The lowest BCUT2D eigenvalue weighted by Gasteiger charge is -2.09. The molecule has 0 spiro atoms. The van der Waals surface area contributed by atoms with E-state index in [0.29, 0.717) is 11.1 Å². The second kappa shape index (κ2) is 10.5. The van der Waals surface area contributed by atoms with Crippen molar-refractivity contribution < 1.29 is 19.8 Å². The summed E-state index contributed by atoms with van der Waals surface area (Å²) in [6, 6.07) is 11.6. The summed E-state index contributed by atoms with van der Waals surface area (Å²) in [4.78, 5) is 24.9. The fourth-order valence-corrected chi connectivity index (χ4v) is 3.13. The van der Waals surface area contributed by atoms with Crippen LogP contribution in [-0.4, -0.2) is 21.8 Å². The van der Waals surface area contributed by atoms with Gasteiger partial charge >= 0.3 is 0 Å². The lowest BCUT2D eigenvalue weighted by Crippen LogP contribution is -2.08. The van der Waals surface area contributed by atoms with Gasteiger partial charge in [0.25, 0.3) is 0 Å². The van der Waals surface area contributed by atoms with Gasteiger partial charge in [0, 0.05) is 24.0 Å². The van der Waals surface area contributed by atoms with Crippen molar-refractivity contribution in [3.05, 3.63) is 59.2 Å². The van der Waals surface area contributed by atoms with Crippen LogP contribution in [0.25, 0.3) is 0 Å². The highest BCUT2D eigenvalue weighted by Gasteiger charge is 2.15. The van der Waals surface area contributed by atoms with Gasteiger partial charge in [0.2, 0.25) is 0 Å². The van der Waals surface area contributed by atoms with E-state index in [1.165, 1.54) is 43.9 Å². The summed E-state index contributed by atoms with van der Waals surface area (Å²) in [5.74, 6) is -0.859. The maximum absolute atomic E-state index is 12.6. The van der Waals surface area contributed by atoms with Gasteiger partial charge in [-0.2, -0.15) is 0 Å². The number of hydrogen-bond donors (Lipinski definition) is 2. The molecule has 0 aliphatic carbocycles. The van der Waals surface area contributed by atoms with Crippen LogP contribution in [-0.2, 0) is 6.42 Å². The number of hydrogen-bond acceptors (Lipinski definition) is 4. The number of benzene rings is 2. The lowest BCUT2D eigenvalue weighted by atomic mass is 9.95. The maximum atomic E-state index is 12.6. The minimum atomic E-state index is -0.333. The van der Waals surface area contributed by atoms with Crippen molar-refractivity contribution >= 4 is 11.6 Å². The number of aromatic hydroxyl groups is 2. The van der Waals surface area contributed by atoms with Crippen LogP contribution in [0.4, 0.5) is 0 Å². The minimum absolute atomic E-state index is 0.0319. The predicted molar refractivity (Wildman–Crippen MR) is 107 cm³/mol. The Morgan fingerprint density at radius 3 is 2.26 bits per heavy atom. The number of aryl methyl sites for hydroxylation is 1. The van der Waals surface area contributed by atoms with E-state index < -0.39 is 0 Å². The van der Waals surface area contributed by atoms with Crippen molar-refractivity contribution in [2.24, 2.45) is 0 Å². The molecule has 2 rings (SSSR count). The third-order valence-electron chi connectivity index (χ3n) is 4.74. The Morgan fingerprint density at radius 1 is 0.815 bits per heavy atom. The topological polar surface area (TPSA) is 74.6 Å². The van der Waals surface area contributed by atoms with Gasteiger partial charge in [0.05, 0.1) is 0 Å². The average Bonchev–Trinajstić information content (AvgIpc) is 2.68. The molecular weight excluding hydrogens is 340 g/mol. The van der Waals surface area contributed by atoms with Crippen molar-refractivity contribution in [2.75, 3.05) is 0 Å². The fraction of sp³-hybridized carbons (Fsp3) is 0.391. The zero-order valence-electron chi connectivity index (χ0n) is 15.9. The predicted octanol–water partition coefficient (Wildman–Crippen LogP) is 5.46. The van der Waals surface area contributed by atoms with E-state index in [0.717, 1.165) is 18.4 Å². The summed E-state index contributed by atoms with van der Waals surface area (Å²) in [7, 11) is 0. The zero-order chi connectivity index (χ0) is 19.6. The Hall–Kier alpha value is -2.62. The van der Waals surface area contributed by atoms with Crippen molar-refractivity contribution in [1.29, 1.82) is 0 Å². The second-order valence-corrected chi connectivity index (χ2v) is 6.87. The number of carbonyl (C=O) groups excluding carboxylic acids is 2. The normalized spacial score (nSPS) is 10.7. The monoisotopic (exact) mass is 368 g/mol. The van der Waals surface area contributed by atoms with Gasteiger partial charge in [-0.05, 0) is 36.6 Å². The highest BCUT2D eigenvalue weighted by Crippen LogP contribution is 2.26. The van der Waals surface area contributed by atoms with Crippen LogP contribution in [0.15, 0.2) is 42.5 Å². The first kappa shape index (κ1) is 20.7. The zero-order valence-corrected chi connectivity index (χ0v) is 15.9. The molecule has 2 aromatic carbocycles. The van der Waals surface area contributed by atoms with E-state index >= 15 is 0 Å². The van der Waals surface area contributed by atoms with Crippen LogP contribution in [0.1, 0.15) is 78.1 Å². The quantitative estimate of drug-likeness (QED) is 0.314. The molecule has 0 heterocycles. The fourth-order valence-electron chi connectivity index (χ4n) is 3.13. The molecule has 0 unspecified atom stereocenters. The molecule has 2 N–H and O–H groups in total. The number of Topliss-reactive ketones (excluding diaryl/α,β-unsaturated/α-hetero) is 2. The van der Waals surface area contributed by atoms with Crippen molar-refractivity contribution in [3.8, 4) is 11.5 Å². The molecule has 0 saturated heterocycles. The summed E-state index contributed by atoms with van der Waals surface area (Å²) in [5, 5.41) is 18.8. The highest BCUT2D eigenvalue weighted by atomic mass is 16.3. The molecule has 0 aromatic heterocycles. The van der Waals surface area contributed by atoms with Gasteiger partial charge in [-0.1, -0.05) is 56.9 Å². The van der Waals surface area contributed by atoms with Crippen LogP contribution >= 0.6 is 0 Å². The van der Waals surface area contributed by atoms with E-state index in [4.69, 9.17) is 0 Å². The van der Waals surface area contributed by atoms with Crippen LogP contribution in [0.3, 0.4) is 0 Å². The third kappa shape index (κ3) is 6.24. The molecule has 4 nitrogen and oxygen atoms in total. The molecular formula is C23H28O4. The second-order valence-electron chi connectivity index (χ2n) is 6.87. The first-order valence-corrected chi connectivity index (χ1v) is 9.69. The molecule has 0 bridgehead atoms. The molecule has 2 aromatic rings. The Bertz CT molecular complexity index is 780. The summed E-state index contributed by atoms with van der Waals surface area (Å²) in [6.07, 6.45) is 7.00. The van der Waals surface area contributed by atoms with Gasteiger partial charge in [0.15, 0.2) is 23.1 Å². The van der Waals surface area contributed by atoms with Crippen LogP contribution in [0, 0.1) is 0 Å². The van der Waals surface area contributed by atoms with Crippen molar-refractivity contribution in [3.63, 3.8) is 0 Å². The van der Waals surface area contributed by atoms with E-state index in [2.05, 4.69) is 6.92 Å². The Kier molecular flexibility index (Phi) is 8.05. The molecule has 27 heavy (non-hydrogen) atoms. The Labute approximate surface area is 160 Å². The summed E-state index contributed by atoms with van der Waals surface area (Å²) in [6.45, 7) is 2.19. The van der Waals surface area contributed by atoms with Gasteiger partial charge in [-0.15, -0.1) is 0 Å². The lowest BCUT2D eigenvalue weighted by molar-refractivity contribution is 0.0917. The van der Waals surface area contributed by atoms with Gasteiger partial charge in [-0.3, -0.25) is 9.59 Å². The Morgan fingerprint density at radius 2 is 1.52 bits per heavy atom. The number of phenols is 2.